The molecule has 0 amide bonds. The molecule has 1 nitrogen and oxygen atoms in total. The first kappa shape index (κ1) is 22.1. The van der Waals surface area contributed by atoms with E-state index < -0.39 is 6.36 Å². The van der Waals surface area contributed by atoms with Crippen molar-refractivity contribution in [3.63, 3.8) is 0 Å². The first-order valence-corrected chi connectivity index (χ1v) is 11.3. The lowest BCUT2D eigenvalue weighted by Gasteiger charge is -2.37. The third kappa shape index (κ3) is 7.28. The minimum atomic E-state index is -4.65. The predicted molar refractivity (Wildman–Crippen MR) is 110 cm³/mol. The summed E-state index contributed by atoms with van der Waals surface area (Å²) >= 11 is 0. The predicted octanol–water partition coefficient (Wildman–Crippen LogP) is 7.74. The van der Waals surface area contributed by atoms with Gasteiger partial charge in [-0.1, -0.05) is 50.9 Å². The van der Waals surface area contributed by atoms with Crippen molar-refractivity contribution in [2.75, 3.05) is 0 Å². The van der Waals surface area contributed by atoms with Crippen LogP contribution in [0.15, 0.2) is 24.3 Å². The summed E-state index contributed by atoms with van der Waals surface area (Å²) in [5, 5.41) is 0. The number of benzene rings is 1. The minimum Gasteiger partial charge on any atom is -0.406 e. The maximum absolute atomic E-state index is 12.2. The number of hydrogen-bond donors (Lipinski definition) is 0. The molecule has 0 unspecified atom stereocenters. The summed E-state index contributed by atoms with van der Waals surface area (Å²) in [6.07, 6.45) is 10.0. The lowest BCUT2D eigenvalue weighted by molar-refractivity contribution is -0.274. The molecule has 2 saturated carbocycles. The molecule has 3 rings (SSSR count). The monoisotopic (exact) mass is 406 g/mol. The number of halogens is 3. The van der Waals surface area contributed by atoms with E-state index in [0.29, 0.717) is 5.92 Å². The number of rotatable bonds is 5. The third-order valence-corrected chi connectivity index (χ3v) is 6.80. The number of unbranched alkanes of at least 4 members (excludes halogenated alkanes) is 1. The highest BCUT2D eigenvalue weighted by molar-refractivity contribution is 5.38. The van der Waals surface area contributed by atoms with E-state index in [1.165, 1.54) is 69.9 Å². The van der Waals surface area contributed by atoms with Crippen LogP contribution < -0.4 is 4.74 Å². The first-order chi connectivity index (χ1) is 13.9. The van der Waals surface area contributed by atoms with Gasteiger partial charge in [-0.15, -0.1) is 13.2 Å². The molecule has 160 valence electrons. The maximum Gasteiger partial charge on any atom is 0.573 e. The van der Waals surface area contributed by atoms with Crippen LogP contribution in [0, 0.1) is 35.5 Å². The Balaban J connectivity index is 1.42. The molecule has 0 aliphatic heterocycles. The Bertz CT molecular complexity index is 667. The molecule has 0 bridgehead atoms. The summed E-state index contributed by atoms with van der Waals surface area (Å²) in [7, 11) is 0. The quantitative estimate of drug-likeness (QED) is 0.454. The van der Waals surface area contributed by atoms with Gasteiger partial charge in [0.05, 0.1) is 0 Å². The molecule has 4 heteroatoms. The standard InChI is InChI=1S/C25H33F3O/c1-2-3-4-19-7-13-22(14-8-19)23-15-9-20(10-16-23)5-6-21-11-17-24(18-12-21)29-25(26,27)28/h11-12,17-20,22-23H,2-4,7-10,13-16H2,1H3/t19-,20?,22-,23?. The molecular formula is C25H33F3O. The van der Waals surface area contributed by atoms with Gasteiger partial charge in [-0.3, -0.25) is 0 Å². The average molecular weight is 407 g/mol. The molecular weight excluding hydrogens is 373 g/mol. The van der Waals surface area contributed by atoms with Crippen LogP contribution in [-0.4, -0.2) is 6.36 Å². The molecule has 0 saturated heterocycles. The zero-order valence-corrected chi connectivity index (χ0v) is 17.4. The van der Waals surface area contributed by atoms with Gasteiger partial charge in [-0.25, -0.2) is 0 Å². The Morgan fingerprint density at radius 1 is 0.897 bits per heavy atom. The van der Waals surface area contributed by atoms with Crippen LogP contribution in [0.5, 0.6) is 5.75 Å². The van der Waals surface area contributed by atoms with Gasteiger partial charge < -0.3 is 4.74 Å². The molecule has 0 heterocycles. The van der Waals surface area contributed by atoms with Crippen molar-refractivity contribution in [2.24, 2.45) is 23.7 Å². The Morgan fingerprint density at radius 2 is 1.48 bits per heavy atom. The summed E-state index contributed by atoms with van der Waals surface area (Å²) in [4.78, 5) is 0. The van der Waals surface area contributed by atoms with Crippen molar-refractivity contribution in [2.45, 2.75) is 83.9 Å². The van der Waals surface area contributed by atoms with Crippen LogP contribution in [0.2, 0.25) is 0 Å². The highest BCUT2D eigenvalue weighted by atomic mass is 19.4. The van der Waals surface area contributed by atoms with E-state index in [9.17, 15) is 13.2 Å². The molecule has 0 radical (unpaired) electrons. The normalized spacial score (nSPS) is 27.7. The van der Waals surface area contributed by atoms with Crippen molar-refractivity contribution >= 4 is 0 Å². The molecule has 29 heavy (non-hydrogen) atoms. The number of alkyl halides is 3. The van der Waals surface area contributed by atoms with E-state index in [4.69, 9.17) is 0 Å². The molecule has 1 aromatic rings. The highest BCUT2D eigenvalue weighted by Gasteiger charge is 2.31. The third-order valence-electron chi connectivity index (χ3n) is 6.80. The van der Waals surface area contributed by atoms with Gasteiger partial charge in [-0.05, 0) is 80.5 Å². The SMILES string of the molecule is CCCC[C@H]1CC[C@H](C2CCC(C#Cc3ccc(OC(F)(F)F)cc3)CC2)CC1. The number of ether oxygens (including phenoxy) is 1. The van der Waals surface area contributed by atoms with Crippen LogP contribution in [0.4, 0.5) is 13.2 Å². The Morgan fingerprint density at radius 3 is 2.03 bits per heavy atom. The number of hydrogen-bond acceptors (Lipinski definition) is 1. The summed E-state index contributed by atoms with van der Waals surface area (Å²) < 4.78 is 40.5. The molecule has 0 N–H and O–H groups in total. The second-order valence-electron chi connectivity index (χ2n) is 8.88. The highest BCUT2D eigenvalue weighted by Crippen LogP contribution is 2.42. The van der Waals surface area contributed by atoms with Crippen molar-refractivity contribution in [1.82, 2.24) is 0 Å². The van der Waals surface area contributed by atoms with Gasteiger partial charge in [0.2, 0.25) is 0 Å². The lowest BCUT2D eigenvalue weighted by Crippen LogP contribution is -2.25. The fourth-order valence-electron chi connectivity index (χ4n) is 5.10. The van der Waals surface area contributed by atoms with Crippen LogP contribution in [0.1, 0.15) is 83.1 Å². The van der Waals surface area contributed by atoms with Crippen LogP contribution in [0.25, 0.3) is 0 Å². The smallest absolute Gasteiger partial charge is 0.406 e. The second kappa shape index (κ2) is 10.4. The Hall–Kier alpha value is -1.63. The molecule has 2 aliphatic carbocycles. The fraction of sp³-hybridized carbons (Fsp3) is 0.680. The summed E-state index contributed by atoms with van der Waals surface area (Å²) in [5.41, 5.74) is 0.743. The van der Waals surface area contributed by atoms with E-state index >= 15 is 0 Å². The van der Waals surface area contributed by atoms with E-state index in [1.807, 2.05) is 0 Å². The van der Waals surface area contributed by atoms with Crippen LogP contribution in [0.3, 0.4) is 0 Å². The maximum atomic E-state index is 12.2. The van der Waals surface area contributed by atoms with Crippen LogP contribution in [-0.2, 0) is 0 Å². The second-order valence-corrected chi connectivity index (χ2v) is 8.88. The largest absolute Gasteiger partial charge is 0.573 e. The van der Waals surface area contributed by atoms with Crippen LogP contribution >= 0.6 is 0 Å². The van der Waals surface area contributed by atoms with Gasteiger partial charge in [0.15, 0.2) is 0 Å². The summed E-state index contributed by atoms with van der Waals surface area (Å²) in [6, 6.07) is 5.84. The lowest BCUT2D eigenvalue weighted by atomic mass is 9.69. The fourth-order valence-corrected chi connectivity index (χ4v) is 5.10. The minimum absolute atomic E-state index is 0.201. The average Bonchev–Trinajstić information content (AvgIpc) is 2.71. The zero-order valence-electron chi connectivity index (χ0n) is 17.4. The molecule has 0 aromatic heterocycles. The van der Waals surface area contributed by atoms with Gasteiger partial charge in [0.25, 0.3) is 0 Å². The molecule has 0 atom stereocenters. The Labute approximate surface area is 173 Å². The first-order valence-electron chi connectivity index (χ1n) is 11.3. The van der Waals surface area contributed by atoms with E-state index in [-0.39, 0.29) is 5.75 Å². The van der Waals surface area contributed by atoms with Crippen molar-refractivity contribution in [1.29, 1.82) is 0 Å². The molecule has 2 aliphatic rings. The van der Waals surface area contributed by atoms with Gasteiger partial charge >= 0.3 is 6.36 Å². The van der Waals surface area contributed by atoms with Gasteiger partial charge in [0.1, 0.15) is 5.75 Å². The van der Waals surface area contributed by atoms with Gasteiger partial charge in [0, 0.05) is 11.5 Å². The van der Waals surface area contributed by atoms with E-state index in [0.717, 1.165) is 36.2 Å². The van der Waals surface area contributed by atoms with Crippen molar-refractivity contribution in [3.05, 3.63) is 29.8 Å². The van der Waals surface area contributed by atoms with Gasteiger partial charge in [-0.2, -0.15) is 0 Å². The molecule has 2 fully saturated rings. The Kier molecular flexibility index (Phi) is 7.92. The zero-order chi connectivity index (χ0) is 20.7. The topological polar surface area (TPSA) is 9.23 Å². The van der Waals surface area contributed by atoms with E-state index in [1.54, 1.807) is 12.1 Å². The van der Waals surface area contributed by atoms with Crippen molar-refractivity contribution < 1.29 is 17.9 Å². The molecule has 0 spiro atoms. The van der Waals surface area contributed by atoms with E-state index in [2.05, 4.69) is 23.5 Å². The van der Waals surface area contributed by atoms with Crippen molar-refractivity contribution in [3.8, 4) is 17.6 Å². The summed E-state index contributed by atoms with van der Waals surface area (Å²) in [6.45, 7) is 2.28. The summed E-state index contributed by atoms with van der Waals surface area (Å²) in [5.74, 6) is 9.46. The molecule has 1 aromatic carbocycles.